The van der Waals surface area contributed by atoms with Crippen molar-refractivity contribution in [1.82, 2.24) is 0 Å². The molecule has 1 nitrogen and oxygen atoms in total. The Morgan fingerprint density at radius 3 is 2.12 bits per heavy atom. The number of rotatable bonds is 6. The van der Waals surface area contributed by atoms with Crippen LogP contribution in [0.1, 0.15) is 28.2 Å². The minimum absolute atomic E-state index is 0.360. The van der Waals surface area contributed by atoms with Crippen LogP contribution in [-0.4, -0.2) is 22.1 Å². The SMILES string of the molecule is COc1cc(C)c(C(C[Se]c2ccccc2)c2ccc(Cl)cc2)c(C)c1. The van der Waals surface area contributed by atoms with Crippen LogP contribution in [0.5, 0.6) is 5.75 Å². The summed E-state index contributed by atoms with van der Waals surface area (Å²) in [6, 6.07) is 23.4. The Kier molecular flexibility index (Phi) is 6.43. The summed E-state index contributed by atoms with van der Waals surface area (Å²) in [7, 11) is 1.73. The van der Waals surface area contributed by atoms with E-state index in [0.717, 1.165) is 16.1 Å². The van der Waals surface area contributed by atoms with Gasteiger partial charge in [0.25, 0.3) is 0 Å². The van der Waals surface area contributed by atoms with Crippen molar-refractivity contribution in [3.8, 4) is 5.75 Å². The molecular weight excluding hydrogens is 407 g/mol. The average molecular weight is 430 g/mol. The topological polar surface area (TPSA) is 9.23 Å². The third-order valence-electron chi connectivity index (χ3n) is 4.58. The summed E-state index contributed by atoms with van der Waals surface area (Å²) in [5.41, 5.74) is 5.30. The van der Waals surface area contributed by atoms with Gasteiger partial charge in [0.1, 0.15) is 0 Å². The molecule has 0 aliphatic heterocycles. The summed E-state index contributed by atoms with van der Waals surface area (Å²) >= 11 is 6.53. The van der Waals surface area contributed by atoms with Crippen molar-refractivity contribution in [2.45, 2.75) is 25.1 Å². The molecule has 0 saturated heterocycles. The Bertz CT molecular complexity index is 836. The number of ether oxygens (including phenoxy) is 1. The molecule has 0 fully saturated rings. The van der Waals surface area contributed by atoms with E-state index in [-0.39, 0.29) is 0 Å². The molecule has 26 heavy (non-hydrogen) atoms. The monoisotopic (exact) mass is 430 g/mol. The van der Waals surface area contributed by atoms with Gasteiger partial charge in [0, 0.05) is 0 Å². The molecule has 3 heteroatoms. The van der Waals surface area contributed by atoms with E-state index in [1.54, 1.807) is 7.11 Å². The van der Waals surface area contributed by atoms with Crippen molar-refractivity contribution in [2.75, 3.05) is 7.11 Å². The zero-order valence-corrected chi connectivity index (χ0v) is 17.8. The van der Waals surface area contributed by atoms with Gasteiger partial charge < -0.3 is 0 Å². The first-order valence-electron chi connectivity index (χ1n) is 8.67. The second kappa shape index (κ2) is 8.77. The van der Waals surface area contributed by atoms with E-state index < -0.39 is 0 Å². The molecule has 3 rings (SSSR count). The van der Waals surface area contributed by atoms with E-state index in [9.17, 15) is 0 Å². The maximum absolute atomic E-state index is 6.12. The van der Waals surface area contributed by atoms with Crippen LogP contribution in [0.3, 0.4) is 0 Å². The van der Waals surface area contributed by atoms with Crippen molar-refractivity contribution >= 4 is 31.0 Å². The fraction of sp³-hybridized carbons (Fsp3) is 0.217. The zero-order chi connectivity index (χ0) is 18.5. The van der Waals surface area contributed by atoms with Crippen molar-refractivity contribution < 1.29 is 4.74 Å². The van der Waals surface area contributed by atoms with Crippen molar-refractivity contribution in [3.05, 3.63) is 94.0 Å². The van der Waals surface area contributed by atoms with Crippen LogP contribution in [0.2, 0.25) is 10.3 Å². The molecule has 0 aliphatic rings. The molecule has 3 aromatic carbocycles. The van der Waals surface area contributed by atoms with Gasteiger partial charge in [0.05, 0.1) is 0 Å². The Balaban J connectivity index is 1.99. The normalized spacial score (nSPS) is 12.0. The van der Waals surface area contributed by atoms with Gasteiger partial charge in [-0.1, -0.05) is 0 Å². The maximum atomic E-state index is 6.12. The molecule has 0 heterocycles. The van der Waals surface area contributed by atoms with E-state index in [0.29, 0.717) is 20.9 Å². The van der Waals surface area contributed by atoms with E-state index in [1.807, 2.05) is 12.1 Å². The molecule has 0 aromatic heterocycles. The van der Waals surface area contributed by atoms with Crippen LogP contribution in [0.4, 0.5) is 0 Å². The van der Waals surface area contributed by atoms with E-state index in [2.05, 4.69) is 68.4 Å². The average Bonchev–Trinajstić information content (AvgIpc) is 2.65. The van der Waals surface area contributed by atoms with Gasteiger partial charge in [-0.2, -0.15) is 0 Å². The third-order valence-corrected chi connectivity index (χ3v) is 7.16. The molecule has 0 spiro atoms. The number of benzene rings is 3. The Morgan fingerprint density at radius 1 is 0.923 bits per heavy atom. The zero-order valence-electron chi connectivity index (χ0n) is 15.3. The first kappa shape index (κ1) is 19.0. The van der Waals surface area contributed by atoms with Gasteiger partial charge in [-0.3, -0.25) is 0 Å². The molecule has 0 aliphatic carbocycles. The second-order valence-corrected chi connectivity index (χ2v) is 9.13. The number of aryl methyl sites for hydroxylation is 2. The summed E-state index contributed by atoms with van der Waals surface area (Å²) < 4.78 is 6.88. The van der Waals surface area contributed by atoms with Crippen LogP contribution in [0.15, 0.2) is 66.7 Å². The predicted molar refractivity (Wildman–Crippen MR) is 112 cm³/mol. The summed E-state index contributed by atoms with van der Waals surface area (Å²) in [6.45, 7) is 4.37. The van der Waals surface area contributed by atoms with Gasteiger partial charge >= 0.3 is 168 Å². The summed E-state index contributed by atoms with van der Waals surface area (Å²) in [5.74, 6) is 1.28. The van der Waals surface area contributed by atoms with Crippen molar-refractivity contribution in [3.63, 3.8) is 0 Å². The summed E-state index contributed by atoms with van der Waals surface area (Å²) in [5, 5.41) is 1.90. The number of hydrogen-bond donors (Lipinski definition) is 0. The minimum atomic E-state index is 0.360. The van der Waals surface area contributed by atoms with E-state index in [1.165, 1.54) is 26.7 Å². The molecule has 3 aromatic rings. The summed E-state index contributed by atoms with van der Waals surface area (Å²) in [6.07, 6.45) is 0. The fourth-order valence-corrected chi connectivity index (χ4v) is 5.71. The molecule has 0 N–H and O–H groups in total. The Morgan fingerprint density at radius 2 is 1.54 bits per heavy atom. The number of methoxy groups -OCH3 is 1. The van der Waals surface area contributed by atoms with Crippen LogP contribution >= 0.6 is 11.6 Å². The van der Waals surface area contributed by atoms with Gasteiger partial charge in [0.2, 0.25) is 0 Å². The predicted octanol–water partition coefficient (Wildman–Crippen LogP) is 5.55. The number of halogens is 1. The third kappa shape index (κ3) is 4.51. The second-order valence-electron chi connectivity index (χ2n) is 6.40. The van der Waals surface area contributed by atoms with Gasteiger partial charge in [0.15, 0.2) is 0 Å². The van der Waals surface area contributed by atoms with Gasteiger partial charge in [-0.25, -0.2) is 0 Å². The molecule has 1 unspecified atom stereocenters. The van der Waals surface area contributed by atoms with Gasteiger partial charge in [-0.05, 0) is 0 Å². The molecule has 1 atom stereocenters. The molecule has 0 bridgehead atoms. The molecule has 0 amide bonds. The van der Waals surface area contributed by atoms with E-state index in [4.69, 9.17) is 16.3 Å². The quantitative estimate of drug-likeness (QED) is 0.467. The molecule has 134 valence electrons. The van der Waals surface area contributed by atoms with E-state index >= 15 is 0 Å². The van der Waals surface area contributed by atoms with Crippen molar-refractivity contribution in [1.29, 1.82) is 0 Å². The first-order valence-corrected chi connectivity index (χ1v) is 11.1. The number of hydrogen-bond acceptors (Lipinski definition) is 1. The Labute approximate surface area is 167 Å². The molecule has 0 saturated carbocycles. The Hall–Kier alpha value is -1.73. The van der Waals surface area contributed by atoms with Crippen LogP contribution < -0.4 is 9.20 Å². The molecule has 0 radical (unpaired) electrons. The first-order chi connectivity index (χ1) is 12.6. The fourth-order valence-electron chi connectivity index (χ4n) is 3.34. The van der Waals surface area contributed by atoms with Crippen LogP contribution in [0.25, 0.3) is 0 Å². The molecular formula is C23H23ClOSe. The standard InChI is InChI=1S/C23H23ClOSe/c1-16-13-20(25-3)14-17(2)23(16)22(18-9-11-19(24)12-10-18)15-26-21-7-5-4-6-8-21/h4-14,22H,15H2,1-3H3. The summed E-state index contributed by atoms with van der Waals surface area (Å²) in [4.78, 5) is 0. The van der Waals surface area contributed by atoms with Crippen LogP contribution in [0, 0.1) is 13.8 Å². The van der Waals surface area contributed by atoms with Crippen molar-refractivity contribution in [2.24, 2.45) is 0 Å². The van der Waals surface area contributed by atoms with Gasteiger partial charge in [-0.15, -0.1) is 0 Å². The van der Waals surface area contributed by atoms with Crippen LogP contribution in [-0.2, 0) is 0 Å².